The molecule has 0 fully saturated rings. The lowest BCUT2D eigenvalue weighted by Gasteiger charge is -2.11. The van der Waals surface area contributed by atoms with E-state index in [1.807, 2.05) is 6.07 Å². The predicted molar refractivity (Wildman–Crippen MR) is 79.2 cm³/mol. The maximum absolute atomic E-state index is 8.96. The van der Waals surface area contributed by atoms with Gasteiger partial charge in [0.25, 0.3) is 0 Å². The van der Waals surface area contributed by atoms with Crippen molar-refractivity contribution in [2.24, 2.45) is 5.92 Å². The average Bonchev–Trinajstić information content (AvgIpc) is 2.71. The van der Waals surface area contributed by atoms with Gasteiger partial charge >= 0.3 is 0 Å². The van der Waals surface area contributed by atoms with Crippen LogP contribution in [-0.4, -0.2) is 31.5 Å². The topological polar surface area (TPSA) is 50.7 Å². The number of ether oxygens (including phenoxy) is 2. The van der Waals surface area contributed by atoms with Gasteiger partial charge in [-0.3, -0.25) is 0 Å². The number of aliphatic hydroxyl groups excluding tert-OH is 1. The van der Waals surface area contributed by atoms with Crippen LogP contribution in [0.25, 0.3) is 0 Å². The van der Waals surface area contributed by atoms with Gasteiger partial charge in [-0.25, -0.2) is 0 Å². The summed E-state index contributed by atoms with van der Waals surface area (Å²) in [6, 6.07) is 6.13. The molecular formula is C16H25NO3. The van der Waals surface area contributed by atoms with E-state index in [4.69, 9.17) is 14.6 Å². The van der Waals surface area contributed by atoms with Crippen LogP contribution in [-0.2, 0) is 6.54 Å². The van der Waals surface area contributed by atoms with E-state index in [0.29, 0.717) is 5.92 Å². The second-order valence-corrected chi connectivity index (χ2v) is 5.44. The molecule has 0 bridgehead atoms. The Bertz CT molecular complexity index is 409. The Morgan fingerprint density at radius 3 is 2.85 bits per heavy atom. The summed E-state index contributed by atoms with van der Waals surface area (Å²) in [6.45, 7) is 5.62. The average molecular weight is 279 g/mol. The summed E-state index contributed by atoms with van der Waals surface area (Å²) in [7, 11) is 0. The molecule has 0 aliphatic carbocycles. The molecule has 0 saturated carbocycles. The third-order valence-electron chi connectivity index (χ3n) is 3.50. The van der Waals surface area contributed by atoms with Crippen molar-refractivity contribution in [2.75, 3.05) is 26.4 Å². The van der Waals surface area contributed by atoms with Gasteiger partial charge in [0, 0.05) is 19.6 Å². The fourth-order valence-electron chi connectivity index (χ4n) is 2.22. The third-order valence-corrected chi connectivity index (χ3v) is 3.50. The van der Waals surface area contributed by atoms with Crippen LogP contribution in [0, 0.1) is 5.92 Å². The van der Waals surface area contributed by atoms with Gasteiger partial charge in [-0.05, 0) is 43.0 Å². The van der Waals surface area contributed by atoms with Crippen LogP contribution in [0.1, 0.15) is 31.7 Å². The van der Waals surface area contributed by atoms with E-state index in [2.05, 4.69) is 24.4 Å². The molecule has 112 valence electrons. The highest BCUT2D eigenvalue weighted by Crippen LogP contribution is 2.30. The van der Waals surface area contributed by atoms with E-state index in [-0.39, 0.29) is 6.61 Å². The Morgan fingerprint density at radius 2 is 2.05 bits per heavy atom. The Kier molecular flexibility index (Phi) is 6.15. The summed E-state index contributed by atoms with van der Waals surface area (Å²) < 4.78 is 11.3. The summed E-state index contributed by atoms with van der Waals surface area (Å²) in [5.74, 6) is 2.11. The minimum atomic E-state index is 0.280. The zero-order valence-corrected chi connectivity index (χ0v) is 12.2. The van der Waals surface area contributed by atoms with Crippen molar-refractivity contribution in [1.29, 1.82) is 0 Å². The van der Waals surface area contributed by atoms with Crippen molar-refractivity contribution in [1.82, 2.24) is 5.32 Å². The molecule has 1 aliphatic rings. The summed E-state index contributed by atoms with van der Waals surface area (Å²) in [5, 5.41) is 12.4. The van der Waals surface area contributed by atoms with E-state index >= 15 is 0 Å². The zero-order valence-electron chi connectivity index (χ0n) is 12.2. The molecule has 1 atom stereocenters. The molecule has 0 spiro atoms. The Morgan fingerprint density at radius 1 is 1.25 bits per heavy atom. The molecule has 0 radical (unpaired) electrons. The molecule has 0 amide bonds. The highest BCUT2D eigenvalue weighted by molar-refractivity contribution is 5.43. The molecule has 1 aliphatic heterocycles. The van der Waals surface area contributed by atoms with Crippen molar-refractivity contribution in [3.05, 3.63) is 23.8 Å². The van der Waals surface area contributed by atoms with Crippen LogP contribution < -0.4 is 14.8 Å². The third kappa shape index (κ3) is 4.69. The maximum Gasteiger partial charge on any atom is 0.161 e. The van der Waals surface area contributed by atoms with Gasteiger partial charge in [0.05, 0.1) is 13.2 Å². The first kappa shape index (κ1) is 15.1. The molecule has 2 rings (SSSR count). The highest BCUT2D eigenvalue weighted by atomic mass is 16.5. The maximum atomic E-state index is 8.96. The molecule has 1 aromatic carbocycles. The fourth-order valence-corrected chi connectivity index (χ4v) is 2.22. The minimum Gasteiger partial charge on any atom is -0.490 e. The van der Waals surface area contributed by atoms with E-state index in [0.717, 1.165) is 57.1 Å². The van der Waals surface area contributed by atoms with E-state index in [9.17, 15) is 0 Å². The van der Waals surface area contributed by atoms with Crippen molar-refractivity contribution >= 4 is 0 Å². The van der Waals surface area contributed by atoms with Crippen molar-refractivity contribution in [3.63, 3.8) is 0 Å². The van der Waals surface area contributed by atoms with Crippen LogP contribution in [0.5, 0.6) is 11.5 Å². The molecule has 2 N–H and O–H groups in total. The summed E-state index contributed by atoms with van der Waals surface area (Å²) in [5.41, 5.74) is 1.21. The standard InChI is InChI=1S/C16H25NO3/c1-13(12-18)4-2-7-17-11-14-5-6-15-16(10-14)20-9-3-8-19-15/h5-6,10,13,17-18H,2-4,7-9,11-12H2,1H3. The first-order valence-electron chi connectivity index (χ1n) is 7.49. The lowest BCUT2D eigenvalue weighted by atomic mass is 10.1. The molecule has 1 aromatic rings. The molecular weight excluding hydrogens is 254 g/mol. The van der Waals surface area contributed by atoms with Crippen molar-refractivity contribution in [2.45, 2.75) is 32.7 Å². The van der Waals surface area contributed by atoms with Crippen LogP contribution in [0.15, 0.2) is 18.2 Å². The second kappa shape index (κ2) is 8.12. The number of hydrogen-bond acceptors (Lipinski definition) is 4. The van der Waals surface area contributed by atoms with Crippen LogP contribution in [0.3, 0.4) is 0 Å². The van der Waals surface area contributed by atoms with Gasteiger partial charge in [0.15, 0.2) is 11.5 Å². The highest BCUT2D eigenvalue weighted by Gasteiger charge is 2.10. The molecule has 4 nitrogen and oxygen atoms in total. The smallest absolute Gasteiger partial charge is 0.161 e. The number of benzene rings is 1. The Balaban J connectivity index is 1.75. The number of fused-ring (bicyclic) bond motifs is 1. The van der Waals surface area contributed by atoms with Crippen LogP contribution >= 0.6 is 0 Å². The van der Waals surface area contributed by atoms with E-state index in [1.54, 1.807) is 0 Å². The predicted octanol–water partition coefficient (Wildman–Crippen LogP) is 2.35. The minimum absolute atomic E-state index is 0.280. The number of hydrogen-bond donors (Lipinski definition) is 2. The molecule has 0 aromatic heterocycles. The van der Waals surface area contributed by atoms with Gasteiger partial charge in [-0.1, -0.05) is 13.0 Å². The van der Waals surface area contributed by atoms with Gasteiger partial charge < -0.3 is 19.9 Å². The van der Waals surface area contributed by atoms with Gasteiger partial charge in [-0.15, -0.1) is 0 Å². The summed E-state index contributed by atoms with van der Waals surface area (Å²) >= 11 is 0. The molecule has 1 unspecified atom stereocenters. The van der Waals surface area contributed by atoms with Gasteiger partial charge in [-0.2, -0.15) is 0 Å². The molecule has 1 heterocycles. The number of nitrogens with one attached hydrogen (secondary N) is 1. The fraction of sp³-hybridized carbons (Fsp3) is 0.625. The molecule has 4 heteroatoms. The monoisotopic (exact) mass is 279 g/mol. The van der Waals surface area contributed by atoms with Crippen LogP contribution in [0.4, 0.5) is 0 Å². The quantitative estimate of drug-likeness (QED) is 0.752. The molecule has 20 heavy (non-hydrogen) atoms. The van der Waals surface area contributed by atoms with E-state index in [1.165, 1.54) is 5.56 Å². The Hall–Kier alpha value is -1.26. The normalized spacial score (nSPS) is 15.7. The summed E-state index contributed by atoms with van der Waals surface area (Å²) in [4.78, 5) is 0. The number of rotatable bonds is 7. The van der Waals surface area contributed by atoms with Crippen molar-refractivity contribution < 1.29 is 14.6 Å². The largest absolute Gasteiger partial charge is 0.490 e. The number of aliphatic hydroxyl groups is 1. The first-order chi connectivity index (χ1) is 9.79. The zero-order chi connectivity index (χ0) is 14.2. The Labute approximate surface area is 121 Å². The second-order valence-electron chi connectivity index (χ2n) is 5.44. The lowest BCUT2D eigenvalue weighted by Crippen LogP contribution is -2.16. The van der Waals surface area contributed by atoms with E-state index < -0.39 is 0 Å². The lowest BCUT2D eigenvalue weighted by molar-refractivity contribution is 0.228. The SMILES string of the molecule is CC(CO)CCCNCc1ccc2c(c1)OCCCO2. The van der Waals surface area contributed by atoms with Crippen molar-refractivity contribution in [3.8, 4) is 11.5 Å². The van der Waals surface area contributed by atoms with Gasteiger partial charge in [0.1, 0.15) is 0 Å². The van der Waals surface area contributed by atoms with Gasteiger partial charge in [0.2, 0.25) is 0 Å². The first-order valence-corrected chi connectivity index (χ1v) is 7.49. The summed E-state index contributed by atoms with van der Waals surface area (Å²) in [6.07, 6.45) is 3.09. The van der Waals surface area contributed by atoms with Crippen LogP contribution in [0.2, 0.25) is 0 Å². The molecule has 0 saturated heterocycles.